The van der Waals surface area contributed by atoms with E-state index in [1.807, 2.05) is 32.9 Å². The topological polar surface area (TPSA) is 119 Å². The lowest BCUT2D eigenvalue weighted by Crippen LogP contribution is -2.36. The maximum absolute atomic E-state index is 12.8. The number of para-hydroxylation sites is 1. The molecule has 166 valence electrons. The fraction of sp³-hybridized carbons (Fsp3) is 0.217. The lowest BCUT2D eigenvalue weighted by atomic mass is 10.1. The van der Waals surface area contributed by atoms with Gasteiger partial charge < -0.3 is 15.8 Å². The Morgan fingerprint density at radius 1 is 1.12 bits per heavy atom. The standard InChI is InChI=1S/C23H23N3O5S/c1-13-8-14(2)21(15(3)9-13)25-20(28)11-26-22(29)18(32-23(26)30)10-16-6-4-5-7-17(16)31-12-19(24)27/h4-10H,11-12H2,1-3H3,(H2,24,27)(H,25,28)/b18-10+. The molecule has 1 aliphatic rings. The van der Waals surface area contributed by atoms with E-state index in [0.717, 1.165) is 33.4 Å². The number of benzene rings is 2. The van der Waals surface area contributed by atoms with Gasteiger partial charge in [-0.15, -0.1) is 0 Å². The van der Waals surface area contributed by atoms with Crippen LogP contribution in [0.25, 0.3) is 6.08 Å². The maximum atomic E-state index is 12.8. The van der Waals surface area contributed by atoms with Crippen LogP contribution in [0.2, 0.25) is 0 Å². The van der Waals surface area contributed by atoms with Crippen molar-refractivity contribution in [1.29, 1.82) is 0 Å². The Hall–Kier alpha value is -3.59. The van der Waals surface area contributed by atoms with Crippen molar-refractivity contribution in [2.75, 3.05) is 18.5 Å². The molecule has 0 bridgehead atoms. The number of carbonyl (C=O) groups is 4. The summed E-state index contributed by atoms with van der Waals surface area (Å²) in [5.41, 5.74) is 9.17. The zero-order valence-electron chi connectivity index (χ0n) is 17.9. The number of imide groups is 1. The van der Waals surface area contributed by atoms with Gasteiger partial charge in [0, 0.05) is 11.3 Å². The van der Waals surface area contributed by atoms with Crippen LogP contribution in [0.1, 0.15) is 22.3 Å². The minimum Gasteiger partial charge on any atom is -0.483 e. The summed E-state index contributed by atoms with van der Waals surface area (Å²) in [6.45, 7) is 5.03. The molecule has 3 rings (SSSR count). The number of ether oxygens (including phenoxy) is 1. The van der Waals surface area contributed by atoms with Crippen LogP contribution in [-0.2, 0) is 14.4 Å². The van der Waals surface area contributed by atoms with Crippen molar-refractivity contribution in [3.8, 4) is 5.75 Å². The molecule has 0 radical (unpaired) electrons. The van der Waals surface area contributed by atoms with Crippen LogP contribution in [0.15, 0.2) is 41.3 Å². The van der Waals surface area contributed by atoms with E-state index in [1.165, 1.54) is 6.08 Å². The normalized spacial score (nSPS) is 14.7. The Balaban J connectivity index is 1.74. The van der Waals surface area contributed by atoms with Crippen molar-refractivity contribution < 1.29 is 23.9 Å². The number of hydrogen-bond donors (Lipinski definition) is 2. The molecule has 3 N–H and O–H groups in total. The first kappa shape index (κ1) is 23.1. The zero-order chi connectivity index (χ0) is 23.4. The van der Waals surface area contributed by atoms with Crippen LogP contribution < -0.4 is 15.8 Å². The Labute approximate surface area is 189 Å². The monoisotopic (exact) mass is 453 g/mol. The molecule has 0 aliphatic carbocycles. The first-order chi connectivity index (χ1) is 15.2. The van der Waals surface area contributed by atoms with Crippen LogP contribution in [0.3, 0.4) is 0 Å². The van der Waals surface area contributed by atoms with Crippen molar-refractivity contribution in [1.82, 2.24) is 4.90 Å². The third-order valence-corrected chi connectivity index (χ3v) is 5.60. The number of aryl methyl sites for hydroxylation is 3. The molecule has 4 amide bonds. The average Bonchev–Trinajstić information content (AvgIpc) is 2.97. The Morgan fingerprint density at radius 2 is 1.78 bits per heavy atom. The Morgan fingerprint density at radius 3 is 2.44 bits per heavy atom. The molecule has 1 heterocycles. The van der Waals surface area contributed by atoms with Gasteiger partial charge in [-0.2, -0.15) is 0 Å². The van der Waals surface area contributed by atoms with E-state index in [1.54, 1.807) is 24.3 Å². The first-order valence-electron chi connectivity index (χ1n) is 9.79. The molecular weight excluding hydrogens is 430 g/mol. The van der Waals surface area contributed by atoms with Gasteiger partial charge in [-0.3, -0.25) is 24.1 Å². The van der Waals surface area contributed by atoms with Gasteiger partial charge in [0.15, 0.2) is 6.61 Å². The third-order valence-electron chi connectivity index (χ3n) is 4.69. The van der Waals surface area contributed by atoms with Gasteiger partial charge in [0.25, 0.3) is 17.1 Å². The Kier molecular flexibility index (Phi) is 6.99. The number of nitrogens with one attached hydrogen (secondary N) is 1. The molecule has 9 heteroatoms. The van der Waals surface area contributed by atoms with Crippen molar-refractivity contribution in [3.05, 3.63) is 63.6 Å². The summed E-state index contributed by atoms with van der Waals surface area (Å²) in [6, 6.07) is 10.6. The minimum atomic E-state index is -0.634. The van der Waals surface area contributed by atoms with Crippen LogP contribution in [0, 0.1) is 20.8 Å². The summed E-state index contributed by atoms with van der Waals surface area (Å²) in [5, 5.41) is 2.26. The fourth-order valence-corrected chi connectivity index (χ4v) is 4.19. The molecule has 32 heavy (non-hydrogen) atoms. The largest absolute Gasteiger partial charge is 0.483 e. The number of primary amides is 1. The number of thioether (sulfide) groups is 1. The molecule has 0 spiro atoms. The van der Waals surface area contributed by atoms with Crippen molar-refractivity contribution >= 4 is 46.5 Å². The number of nitrogens with zero attached hydrogens (tertiary/aromatic N) is 1. The predicted molar refractivity (Wildman–Crippen MR) is 123 cm³/mol. The highest BCUT2D eigenvalue weighted by atomic mass is 32.2. The lowest BCUT2D eigenvalue weighted by Gasteiger charge is -2.16. The van der Waals surface area contributed by atoms with Gasteiger partial charge in [-0.1, -0.05) is 35.9 Å². The lowest BCUT2D eigenvalue weighted by molar-refractivity contribution is -0.127. The van der Waals surface area contributed by atoms with Gasteiger partial charge in [0.05, 0.1) is 4.91 Å². The average molecular weight is 454 g/mol. The highest BCUT2D eigenvalue weighted by Crippen LogP contribution is 2.34. The molecule has 2 aromatic carbocycles. The van der Waals surface area contributed by atoms with Crippen LogP contribution in [-0.4, -0.2) is 41.0 Å². The molecule has 0 atom stereocenters. The molecule has 1 aliphatic heterocycles. The van der Waals surface area contributed by atoms with Gasteiger partial charge in [-0.05, 0) is 55.8 Å². The van der Waals surface area contributed by atoms with Crippen molar-refractivity contribution in [2.24, 2.45) is 5.73 Å². The number of nitrogens with two attached hydrogens (primary N) is 1. The van der Waals surface area contributed by atoms with Gasteiger partial charge in [0.2, 0.25) is 5.91 Å². The van der Waals surface area contributed by atoms with E-state index >= 15 is 0 Å². The van der Waals surface area contributed by atoms with Crippen LogP contribution >= 0.6 is 11.8 Å². The quantitative estimate of drug-likeness (QED) is 0.622. The van der Waals surface area contributed by atoms with E-state index in [9.17, 15) is 19.2 Å². The highest BCUT2D eigenvalue weighted by molar-refractivity contribution is 8.18. The second kappa shape index (κ2) is 9.69. The first-order valence-corrected chi connectivity index (χ1v) is 10.6. The summed E-state index contributed by atoms with van der Waals surface area (Å²) in [7, 11) is 0. The van der Waals surface area contributed by atoms with E-state index in [2.05, 4.69) is 5.32 Å². The SMILES string of the molecule is Cc1cc(C)c(NC(=O)CN2C(=O)S/C(=C/c3ccccc3OCC(N)=O)C2=O)c(C)c1. The summed E-state index contributed by atoms with van der Waals surface area (Å²) in [5.74, 6) is -1.32. The second-order valence-corrected chi connectivity index (χ2v) is 8.38. The molecular formula is C23H23N3O5S. The molecule has 8 nitrogen and oxygen atoms in total. The van der Waals surface area contributed by atoms with Crippen LogP contribution in [0.4, 0.5) is 10.5 Å². The minimum absolute atomic E-state index is 0.153. The fourth-order valence-electron chi connectivity index (χ4n) is 3.36. The number of rotatable bonds is 7. The maximum Gasteiger partial charge on any atom is 0.294 e. The number of hydrogen-bond acceptors (Lipinski definition) is 6. The van der Waals surface area contributed by atoms with Crippen molar-refractivity contribution in [2.45, 2.75) is 20.8 Å². The number of carbonyl (C=O) groups excluding carboxylic acids is 4. The van der Waals surface area contributed by atoms with Gasteiger partial charge in [-0.25, -0.2) is 0 Å². The van der Waals surface area contributed by atoms with Crippen molar-refractivity contribution in [3.63, 3.8) is 0 Å². The molecule has 0 aromatic heterocycles. The highest BCUT2D eigenvalue weighted by Gasteiger charge is 2.36. The van der Waals surface area contributed by atoms with E-state index in [0.29, 0.717) is 17.0 Å². The summed E-state index contributed by atoms with van der Waals surface area (Å²) in [4.78, 5) is 49.8. The molecule has 0 unspecified atom stereocenters. The molecule has 1 saturated heterocycles. The van der Waals surface area contributed by atoms with Gasteiger partial charge >= 0.3 is 0 Å². The van der Waals surface area contributed by atoms with Gasteiger partial charge in [0.1, 0.15) is 12.3 Å². The van der Waals surface area contributed by atoms with E-state index < -0.39 is 29.5 Å². The number of anilines is 1. The Bertz CT molecular complexity index is 1120. The van der Waals surface area contributed by atoms with E-state index in [4.69, 9.17) is 10.5 Å². The predicted octanol–water partition coefficient (Wildman–Crippen LogP) is 3.15. The van der Waals surface area contributed by atoms with E-state index in [-0.39, 0.29) is 11.5 Å². The molecule has 0 saturated carbocycles. The smallest absolute Gasteiger partial charge is 0.294 e. The number of amides is 4. The van der Waals surface area contributed by atoms with Crippen LogP contribution in [0.5, 0.6) is 5.75 Å². The zero-order valence-corrected chi connectivity index (χ0v) is 18.7. The molecule has 1 fully saturated rings. The second-order valence-electron chi connectivity index (χ2n) is 7.38. The summed E-state index contributed by atoms with van der Waals surface area (Å²) in [6.07, 6.45) is 1.49. The third kappa shape index (κ3) is 5.36. The summed E-state index contributed by atoms with van der Waals surface area (Å²) < 4.78 is 5.36. The molecule has 2 aromatic rings. The summed E-state index contributed by atoms with van der Waals surface area (Å²) >= 11 is 0.738.